The summed E-state index contributed by atoms with van der Waals surface area (Å²) in [5.74, 6) is -2.94. The highest BCUT2D eigenvalue weighted by atomic mass is 79.9. The normalized spacial score (nSPS) is 19.6. The van der Waals surface area contributed by atoms with Gasteiger partial charge in [0.05, 0.1) is 17.8 Å². The Balaban J connectivity index is 2.40. The van der Waals surface area contributed by atoms with Crippen molar-refractivity contribution in [2.45, 2.75) is 24.9 Å². The molecule has 1 saturated heterocycles. The number of nitrogens with zero attached hydrogens (tertiary/aromatic N) is 1. The molecule has 0 unspecified atom stereocenters. The molecule has 19 heavy (non-hydrogen) atoms. The second kappa shape index (κ2) is 4.92. The Labute approximate surface area is 115 Å². The highest BCUT2D eigenvalue weighted by Gasteiger charge is 2.40. The predicted molar refractivity (Wildman–Crippen MR) is 65.5 cm³/mol. The average molecular weight is 344 g/mol. The van der Waals surface area contributed by atoms with Gasteiger partial charge in [-0.1, -0.05) is 15.9 Å². The third-order valence-corrected chi connectivity index (χ3v) is 3.49. The van der Waals surface area contributed by atoms with Gasteiger partial charge in [0.25, 0.3) is 5.92 Å². The van der Waals surface area contributed by atoms with Crippen molar-refractivity contribution >= 4 is 21.6 Å². The van der Waals surface area contributed by atoms with Gasteiger partial charge in [-0.2, -0.15) is 13.2 Å². The molecular weight excluding hydrogens is 333 g/mol. The van der Waals surface area contributed by atoms with E-state index >= 15 is 0 Å². The Bertz CT molecular complexity index is 472. The Kier molecular flexibility index (Phi) is 3.77. The lowest BCUT2D eigenvalue weighted by Gasteiger charge is -2.35. The molecule has 0 radical (unpaired) electrons. The molecule has 1 nitrogen and oxygen atoms in total. The van der Waals surface area contributed by atoms with Gasteiger partial charge in [-0.3, -0.25) is 0 Å². The average Bonchev–Trinajstić information content (AvgIpc) is 2.25. The van der Waals surface area contributed by atoms with Crippen molar-refractivity contribution in [3.63, 3.8) is 0 Å². The minimum atomic E-state index is -4.55. The van der Waals surface area contributed by atoms with Gasteiger partial charge in [0.1, 0.15) is 0 Å². The van der Waals surface area contributed by atoms with E-state index in [1.165, 1.54) is 12.1 Å². The lowest BCUT2D eigenvalue weighted by atomic mass is 10.0. The minimum absolute atomic E-state index is 0.177. The van der Waals surface area contributed by atoms with Crippen LogP contribution in [0.2, 0.25) is 0 Å². The van der Waals surface area contributed by atoms with Gasteiger partial charge < -0.3 is 4.90 Å². The number of benzene rings is 1. The number of hydrogen-bond acceptors (Lipinski definition) is 1. The van der Waals surface area contributed by atoms with E-state index < -0.39 is 24.2 Å². The van der Waals surface area contributed by atoms with Crippen LogP contribution in [0.15, 0.2) is 22.7 Å². The summed E-state index contributed by atoms with van der Waals surface area (Å²) in [6, 6.07) is 3.41. The fraction of sp³-hybridized carbons (Fsp3) is 0.500. The van der Waals surface area contributed by atoms with Crippen LogP contribution in [0.4, 0.5) is 27.6 Å². The Morgan fingerprint density at radius 3 is 2.47 bits per heavy atom. The van der Waals surface area contributed by atoms with Crippen LogP contribution in [0, 0.1) is 0 Å². The molecule has 106 valence electrons. The zero-order chi connectivity index (χ0) is 14.3. The Hall–Kier alpha value is -0.850. The third kappa shape index (κ3) is 3.38. The second-order valence-electron chi connectivity index (χ2n) is 4.54. The molecule has 0 aromatic heterocycles. The zero-order valence-corrected chi connectivity index (χ0v) is 11.4. The van der Waals surface area contributed by atoms with Crippen molar-refractivity contribution in [2.24, 2.45) is 0 Å². The maximum Gasteiger partial charge on any atom is 0.418 e. The third-order valence-electron chi connectivity index (χ3n) is 3.00. The van der Waals surface area contributed by atoms with E-state index in [9.17, 15) is 22.0 Å². The summed E-state index contributed by atoms with van der Waals surface area (Å²) < 4.78 is 65.8. The maximum atomic E-state index is 13.3. The molecule has 0 amide bonds. The van der Waals surface area contributed by atoms with Crippen molar-refractivity contribution in [3.8, 4) is 0 Å². The fourth-order valence-corrected chi connectivity index (χ4v) is 2.53. The molecule has 0 atom stereocenters. The first-order chi connectivity index (χ1) is 8.69. The number of rotatable bonds is 1. The van der Waals surface area contributed by atoms with Crippen LogP contribution < -0.4 is 4.90 Å². The van der Waals surface area contributed by atoms with E-state index in [4.69, 9.17) is 0 Å². The molecule has 1 aliphatic heterocycles. The lowest BCUT2D eigenvalue weighted by molar-refractivity contribution is -0.137. The molecule has 1 aromatic rings. The van der Waals surface area contributed by atoms with Gasteiger partial charge in [0, 0.05) is 17.4 Å². The summed E-state index contributed by atoms with van der Waals surface area (Å²) in [5.41, 5.74) is -1.07. The molecule has 1 heterocycles. The van der Waals surface area contributed by atoms with Crippen LogP contribution in [0.3, 0.4) is 0 Å². The van der Waals surface area contributed by atoms with Gasteiger partial charge in [0.15, 0.2) is 0 Å². The molecule has 0 bridgehead atoms. The van der Waals surface area contributed by atoms with Crippen LogP contribution >= 0.6 is 15.9 Å². The van der Waals surface area contributed by atoms with Crippen molar-refractivity contribution < 1.29 is 22.0 Å². The van der Waals surface area contributed by atoms with Crippen LogP contribution in [0.5, 0.6) is 0 Å². The molecule has 7 heteroatoms. The Morgan fingerprint density at radius 2 is 1.89 bits per heavy atom. The SMILES string of the molecule is FC1(F)CCCN(c2cc(Br)ccc2C(F)(F)F)C1. The molecular formula is C12H11BrF5N. The number of alkyl halides is 5. The predicted octanol–water partition coefficient (Wildman–Crippen LogP) is 4.70. The van der Waals surface area contributed by atoms with E-state index in [-0.39, 0.29) is 25.1 Å². The Morgan fingerprint density at radius 1 is 1.21 bits per heavy atom. The quantitative estimate of drug-likeness (QED) is 0.668. The van der Waals surface area contributed by atoms with Crippen LogP contribution in [-0.2, 0) is 6.18 Å². The van der Waals surface area contributed by atoms with Gasteiger partial charge in [-0.25, -0.2) is 8.78 Å². The molecule has 1 aliphatic rings. The number of anilines is 1. The van der Waals surface area contributed by atoms with Gasteiger partial charge in [0.2, 0.25) is 0 Å². The molecule has 1 aromatic carbocycles. The highest BCUT2D eigenvalue weighted by Crippen LogP contribution is 2.40. The van der Waals surface area contributed by atoms with Gasteiger partial charge >= 0.3 is 6.18 Å². The van der Waals surface area contributed by atoms with E-state index in [1.807, 2.05) is 0 Å². The van der Waals surface area contributed by atoms with Crippen molar-refractivity contribution in [3.05, 3.63) is 28.2 Å². The molecule has 1 fully saturated rings. The summed E-state index contributed by atoms with van der Waals surface area (Å²) in [6.07, 6.45) is -4.65. The summed E-state index contributed by atoms with van der Waals surface area (Å²) in [4.78, 5) is 1.11. The first-order valence-electron chi connectivity index (χ1n) is 5.69. The smallest absolute Gasteiger partial charge is 0.365 e. The van der Waals surface area contributed by atoms with E-state index in [0.29, 0.717) is 4.47 Å². The standard InChI is InChI=1S/C12H11BrF5N/c13-8-2-3-9(12(16,17)18)10(6-8)19-5-1-4-11(14,15)7-19/h2-3,6H,1,4-5,7H2. The van der Waals surface area contributed by atoms with Crippen LogP contribution in [-0.4, -0.2) is 19.0 Å². The monoisotopic (exact) mass is 343 g/mol. The minimum Gasteiger partial charge on any atom is -0.365 e. The summed E-state index contributed by atoms with van der Waals surface area (Å²) in [6.45, 7) is -0.471. The summed E-state index contributed by atoms with van der Waals surface area (Å²) in [5, 5.41) is 0. The first kappa shape index (κ1) is 14.6. The lowest BCUT2D eigenvalue weighted by Crippen LogP contribution is -2.43. The van der Waals surface area contributed by atoms with Gasteiger partial charge in [-0.05, 0) is 24.6 Å². The number of hydrogen-bond donors (Lipinski definition) is 0. The topological polar surface area (TPSA) is 3.24 Å². The maximum absolute atomic E-state index is 13.3. The molecule has 0 spiro atoms. The molecule has 0 N–H and O–H groups in total. The van der Waals surface area contributed by atoms with Crippen LogP contribution in [0.1, 0.15) is 18.4 Å². The zero-order valence-electron chi connectivity index (χ0n) is 9.78. The van der Waals surface area contributed by atoms with Crippen molar-refractivity contribution in [1.82, 2.24) is 0 Å². The molecule has 0 aliphatic carbocycles. The second-order valence-corrected chi connectivity index (χ2v) is 5.46. The number of halogens is 6. The van der Waals surface area contributed by atoms with Gasteiger partial charge in [-0.15, -0.1) is 0 Å². The van der Waals surface area contributed by atoms with E-state index in [1.54, 1.807) is 0 Å². The molecule has 2 rings (SSSR count). The largest absolute Gasteiger partial charge is 0.418 e. The summed E-state index contributed by atoms with van der Waals surface area (Å²) >= 11 is 3.08. The van der Waals surface area contributed by atoms with Crippen LogP contribution in [0.25, 0.3) is 0 Å². The summed E-state index contributed by atoms with van der Waals surface area (Å²) in [7, 11) is 0. The van der Waals surface area contributed by atoms with Crippen molar-refractivity contribution in [1.29, 1.82) is 0 Å². The number of piperidine rings is 1. The fourth-order valence-electron chi connectivity index (χ4n) is 2.18. The first-order valence-corrected chi connectivity index (χ1v) is 6.48. The van der Waals surface area contributed by atoms with E-state index in [0.717, 1.165) is 11.0 Å². The van der Waals surface area contributed by atoms with E-state index in [2.05, 4.69) is 15.9 Å². The van der Waals surface area contributed by atoms with Crippen molar-refractivity contribution in [2.75, 3.05) is 18.0 Å². The molecule has 0 saturated carbocycles. The highest BCUT2D eigenvalue weighted by molar-refractivity contribution is 9.10.